The number of fused-ring (bicyclic) bond motifs is 1. The van der Waals surface area contributed by atoms with Crippen molar-refractivity contribution in [2.24, 2.45) is 5.92 Å². The molecular weight excluding hydrogens is 362 g/mol. The molecule has 2 amide bonds. The molecule has 0 saturated carbocycles. The predicted molar refractivity (Wildman–Crippen MR) is 104 cm³/mol. The van der Waals surface area contributed by atoms with Crippen LogP contribution in [-0.4, -0.2) is 47.2 Å². The van der Waals surface area contributed by atoms with Crippen LogP contribution in [0.5, 0.6) is 0 Å². The van der Waals surface area contributed by atoms with E-state index in [2.05, 4.69) is 10.3 Å². The first-order valence-electron chi connectivity index (χ1n) is 9.48. The standard InChI is InChI=1S/C20H29N3O5/c1-7-27-18(25)14-11-13-9-8-10-21-16(13)23(14)17(24)15(12(2)3)22-19(26)28-20(4,5)6/h8-10,12,14-15H,7,11H2,1-6H3,(H,22,26)/t14-,15-/m0/s1. The third kappa shape index (κ3) is 4.99. The van der Waals surface area contributed by atoms with Gasteiger partial charge in [0.25, 0.3) is 5.91 Å². The highest BCUT2D eigenvalue weighted by molar-refractivity contribution is 6.04. The number of nitrogens with one attached hydrogen (secondary N) is 1. The molecule has 1 N–H and O–H groups in total. The molecule has 8 nitrogen and oxygen atoms in total. The fourth-order valence-corrected chi connectivity index (χ4v) is 3.04. The van der Waals surface area contributed by atoms with Gasteiger partial charge >= 0.3 is 12.1 Å². The molecule has 0 saturated heterocycles. The van der Waals surface area contributed by atoms with Gasteiger partial charge in [0.1, 0.15) is 23.5 Å². The minimum absolute atomic E-state index is 0.213. The van der Waals surface area contributed by atoms with Crippen LogP contribution in [0.15, 0.2) is 18.3 Å². The van der Waals surface area contributed by atoms with Crippen molar-refractivity contribution < 1.29 is 23.9 Å². The Labute approximate surface area is 165 Å². The molecule has 2 heterocycles. The van der Waals surface area contributed by atoms with E-state index in [0.717, 1.165) is 5.56 Å². The van der Waals surface area contributed by atoms with Gasteiger partial charge in [-0.1, -0.05) is 19.9 Å². The summed E-state index contributed by atoms with van der Waals surface area (Å²) in [5.41, 5.74) is 0.0953. The minimum atomic E-state index is -0.875. The van der Waals surface area contributed by atoms with Crippen molar-refractivity contribution in [3.05, 3.63) is 23.9 Å². The highest BCUT2D eigenvalue weighted by Gasteiger charge is 2.43. The number of carbonyl (C=O) groups is 3. The first-order chi connectivity index (χ1) is 13.0. The van der Waals surface area contributed by atoms with E-state index in [4.69, 9.17) is 9.47 Å². The monoisotopic (exact) mass is 391 g/mol. The van der Waals surface area contributed by atoms with E-state index in [-0.39, 0.29) is 12.5 Å². The fourth-order valence-electron chi connectivity index (χ4n) is 3.04. The number of rotatable bonds is 5. The summed E-state index contributed by atoms with van der Waals surface area (Å²) < 4.78 is 10.4. The first kappa shape index (κ1) is 21.7. The lowest BCUT2D eigenvalue weighted by Crippen LogP contribution is -2.55. The lowest BCUT2D eigenvalue weighted by Gasteiger charge is -2.30. The van der Waals surface area contributed by atoms with Crippen molar-refractivity contribution in [2.45, 2.75) is 65.6 Å². The lowest BCUT2D eigenvalue weighted by atomic mass is 10.0. The number of hydrogen-bond donors (Lipinski definition) is 1. The Bertz CT molecular complexity index is 742. The normalized spacial score (nSPS) is 17.1. The smallest absolute Gasteiger partial charge is 0.408 e. The van der Waals surface area contributed by atoms with E-state index in [1.54, 1.807) is 40.0 Å². The number of carbonyl (C=O) groups excluding carboxylic acids is 3. The van der Waals surface area contributed by atoms with Crippen LogP contribution in [-0.2, 0) is 25.5 Å². The van der Waals surface area contributed by atoms with Gasteiger partial charge in [-0.15, -0.1) is 0 Å². The van der Waals surface area contributed by atoms with Crippen molar-refractivity contribution >= 4 is 23.8 Å². The predicted octanol–water partition coefficient (Wildman–Crippen LogP) is 2.45. The second-order valence-corrected chi connectivity index (χ2v) is 8.03. The summed E-state index contributed by atoms with van der Waals surface area (Å²) in [6.45, 7) is 10.8. The van der Waals surface area contributed by atoms with Crippen molar-refractivity contribution in [3.63, 3.8) is 0 Å². The Morgan fingerprint density at radius 3 is 2.57 bits per heavy atom. The largest absolute Gasteiger partial charge is 0.464 e. The van der Waals surface area contributed by atoms with Gasteiger partial charge in [-0.3, -0.25) is 9.69 Å². The summed E-state index contributed by atoms with van der Waals surface area (Å²) in [6, 6.07) is 1.90. The Morgan fingerprint density at radius 2 is 2.00 bits per heavy atom. The molecule has 8 heteroatoms. The molecule has 2 atom stereocenters. The van der Waals surface area contributed by atoms with Crippen LogP contribution in [0.25, 0.3) is 0 Å². The van der Waals surface area contributed by atoms with Crippen LogP contribution in [0.2, 0.25) is 0 Å². The maximum Gasteiger partial charge on any atom is 0.408 e. The molecule has 2 rings (SSSR count). The van der Waals surface area contributed by atoms with E-state index < -0.39 is 35.7 Å². The van der Waals surface area contributed by atoms with Crippen molar-refractivity contribution in [2.75, 3.05) is 11.5 Å². The number of anilines is 1. The Balaban J connectivity index is 2.32. The molecule has 0 aliphatic carbocycles. The van der Waals surface area contributed by atoms with E-state index in [0.29, 0.717) is 12.2 Å². The maximum absolute atomic E-state index is 13.4. The maximum atomic E-state index is 13.4. The van der Waals surface area contributed by atoms with Gasteiger partial charge < -0.3 is 14.8 Å². The summed E-state index contributed by atoms with van der Waals surface area (Å²) in [6.07, 6.45) is 1.20. The van der Waals surface area contributed by atoms with E-state index in [1.165, 1.54) is 4.90 Å². The number of pyridine rings is 1. The zero-order valence-corrected chi connectivity index (χ0v) is 17.3. The van der Waals surface area contributed by atoms with Crippen LogP contribution in [0.4, 0.5) is 10.6 Å². The molecule has 154 valence electrons. The average Bonchev–Trinajstić information content (AvgIpc) is 2.97. The molecule has 1 aromatic rings. The van der Waals surface area contributed by atoms with E-state index >= 15 is 0 Å². The second kappa shape index (κ2) is 8.58. The molecule has 0 fully saturated rings. The molecule has 1 aliphatic heterocycles. The van der Waals surface area contributed by atoms with Gasteiger partial charge in [-0.05, 0) is 45.2 Å². The van der Waals surface area contributed by atoms with Gasteiger partial charge in [0, 0.05) is 12.6 Å². The number of aromatic nitrogens is 1. The fraction of sp³-hybridized carbons (Fsp3) is 0.600. The number of alkyl carbamates (subject to hydrolysis) is 1. The SMILES string of the molecule is CCOC(=O)[C@@H]1Cc2cccnc2N1C(=O)[C@@H](NC(=O)OC(C)(C)C)C(C)C. The average molecular weight is 391 g/mol. The third-order valence-electron chi connectivity index (χ3n) is 4.22. The summed E-state index contributed by atoms with van der Waals surface area (Å²) in [4.78, 5) is 43.7. The Kier molecular flexibility index (Phi) is 6.64. The zero-order chi connectivity index (χ0) is 21.1. The molecule has 0 radical (unpaired) electrons. The van der Waals surface area contributed by atoms with Crippen molar-refractivity contribution in [1.82, 2.24) is 10.3 Å². The van der Waals surface area contributed by atoms with Crippen molar-refractivity contribution in [1.29, 1.82) is 0 Å². The molecular formula is C20H29N3O5. The van der Waals surface area contributed by atoms with Crippen LogP contribution < -0.4 is 10.2 Å². The van der Waals surface area contributed by atoms with E-state index in [9.17, 15) is 14.4 Å². The van der Waals surface area contributed by atoms with Crippen molar-refractivity contribution in [3.8, 4) is 0 Å². The molecule has 0 spiro atoms. The summed E-state index contributed by atoms with van der Waals surface area (Å²) in [5, 5.41) is 2.64. The quantitative estimate of drug-likeness (QED) is 0.774. The number of hydrogen-bond acceptors (Lipinski definition) is 6. The Hall–Kier alpha value is -2.64. The number of esters is 1. The molecule has 28 heavy (non-hydrogen) atoms. The summed E-state index contributed by atoms with van der Waals surface area (Å²) >= 11 is 0. The summed E-state index contributed by atoms with van der Waals surface area (Å²) in [7, 11) is 0. The molecule has 0 bridgehead atoms. The third-order valence-corrected chi connectivity index (χ3v) is 4.22. The molecule has 1 aliphatic rings. The van der Waals surface area contributed by atoms with Crippen LogP contribution in [0, 0.1) is 5.92 Å². The van der Waals surface area contributed by atoms with E-state index in [1.807, 2.05) is 19.9 Å². The zero-order valence-electron chi connectivity index (χ0n) is 17.3. The number of amides is 2. The lowest BCUT2D eigenvalue weighted by molar-refractivity contribution is -0.145. The first-order valence-corrected chi connectivity index (χ1v) is 9.48. The van der Waals surface area contributed by atoms with Gasteiger partial charge in [0.2, 0.25) is 0 Å². The van der Waals surface area contributed by atoms with Gasteiger partial charge in [-0.2, -0.15) is 0 Å². The number of ether oxygens (including phenoxy) is 2. The number of nitrogens with zero attached hydrogens (tertiary/aromatic N) is 2. The highest BCUT2D eigenvalue weighted by Crippen LogP contribution is 2.31. The van der Waals surface area contributed by atoms with Crippen LogP contribution in [0.3, 0.4) is 0 Å². The second-order valence-electron chi connectivity index (χ2n) is 8.03. The van der Waals surface area contributed by atoms with Gasteiger partial charge in [0.05, 0.1) is 6.61 Å². The van der Waals surface area contributed by atoms with Crippen LogP contribution >= 0.6 is 0 Å². The molecule has 1 aromatic heterocycles. The summed E-state index contributed by atoms with van der Waals surface area (Å²) in [5.74, 6) is -0.720. The minimum Gasteiger partial charge on any atom is -0.464 e. The Morgan fingerprint density at radius 1 is 1.32 bits per heavy atom. The van der Waals surface area contributed by atoms with Gasteiger partial charge in [0.15, 0.2) is 0 Å². The van der Waals surface area contributed by atoms with Crippen LogP contribution in [0.1, 0.15) is 47.1 Å². The molecule has 0 aromatic carbocycles. The topological polar surface area (TPSA) is 97.8 Å². The molecule has 0 unspecified atom stereocenters. The highest BCUT2D eigenvalue weighted by atomic mass is 16.6. The van der Waals surface area contributed by atoms with Gasteiger partial charge in [-0.25, -0.2) is 14.6 Å².